The van der Waals surface area contributed by atoms with Gasteiger partial charge < -0.3 is 4.74 Å². The van der Waals surface area contributed by atoms with E-state index in [0.717, 1.165) is 6.20 Å². The van der Waals surface area contributed by atoms with E-state index in [2.05, 4.69) is 25.5 Å². The Kier molecular flexibility index (Phi) is 6.67. The third kappa shape index (κ3) is 5.21. The second-order valence-electron chi connectivity index (χ2n) is 5.49. The van der Waals surface area contributed by atoms with Crippen LogP contribution in [-0.2, 0) is 15.6 Å². The van der Waals surface area contributed by atoms with Gasteiger partial charge in [0.1, 0.15) is 5.75 Å². The fourth-order valence-corrected chi connectivity index (χ4v) is 4.71. The number of hydrogen-bond acceptors (Lipinski definition) is 10. The molecule has 0 aliphatic rings. The summed E-state index contributed by atoms with van der Waals surface area (Å²) >= 11 is 8.55. The van der Waals surface area contributed by atoms with Crippen LogP contribution < -0.4 is 10.1 Å². The molecule has 0 fully saturated rings. The Morgan fingerprint density at radius 1 is 1.28 bits per heavy atom. The third-order valence-electron chi connectivity index (χ3n) is 3.53. The van der Waals surface area contributed by atoms with Gasteiger partial charge in [0.25, 0.3) is 5.91 Å². The zero-order chi connectivity index (χ0) is 21.0. The van der Waals surface area contributed by atoms with Gasteiger partial charge in [-0.3, -0.25) is 10.1 Å². The molecule has 13 heteroatoms. The lowest BCUT2D eigenvalue weighted by molar-refractivity contribution is 0.102. The van der Waals surface area contributed by atoms with E-state index in [1.54, 1.807) is 24.3 Å². The second kappa shape index (κ2) is 9.03. The average Bonchev–Trinajstić information content (AvgIpc) is 3.16. The van der Waals surface area contributed by atoms with Crippen LogP contribution in [0.3, 0.4) is 0 Å². The van der Waals surface area contributed by atoms with Crippen molar-refractivity contribution in [3.05, 3.63) is 46.7 Å². The lowest BCUT2D eigenvalue weighted by Gasteiger charge is -2.07. The van der Waals surface area contributed by atoms with Gasteiger partial charge in [-0.1, -0.05) is 46.8 Å². The first kappa shape index (κ1) is 21.4. The molecule has 1 aromatic carbocycles. The minimum atomic E-state index is -3.91. The van der Waals surface area contributed by atoms with Gasteiger partial charge in [0.2, 0.25) is 20.1 Å². The molecule has 9 nitrogen and oxygen atoms in total. The van der Waals surface area contributed by atoms with Crippen LogP contribution in [0.15, 0.2) is 40.0 Å². The molecule has 0 saturated carbocycles. The van der Waals surface area contributed by atoms with Gasteiger partial charge in [-0.15, -0.1) is 10.2 Å². The normalized spacial score (nSPS) is 11.3. The van der Waals surface area contributed by atoms with Crippen molar-refractivity contribution in [2.45, 2.75) is 15.2 Å². The summed E-state index contributed by atoms with van der Waals surface area (Å²) in [4.78, 5) is 20.1. The number of nitrogens with zero attached hydrogens (tertiary/aromatic N) is 4. The quantitative estimate of drug-likeness (QED) is 0.314. The zero-order valence-corrected chi connectivity index (χ0v) is 18.3. The topological polar surface area (TPSA) is 124 Å². The summed E-state index contributed by atoms with van der Waals surface area (Å²) in [6.07, 6.45) is 2.91. The Morgan fingerprint density at radius 3 is 2.62 bits per heavy atom. The number of aromatic nitrogens is 4. The van der Waals surface area contributed by atoms with Crippen LogP contribution in [0.2, 0.25) is 5.02 Å². The molecule has 0 saturated heterocycles. The highest BCUT2D eigenvalue weighted by Crippen LogP contribution is 2.24. The van der Waals surface area contributed by atoms with Crippen molar-refractivity contribution >= 4 is 55.6 Å². The molecule has 0 aliphatic carbocycles. The highest BCUT2D eigenvalue weighted by molar-refractivity contribution is 8.00. The SMILES string of the molecule is COc1ccc(CS(=O)(=O)c2ncc(Cl)c(C(=O)Nc3nnc(SC)s3)n2)cc1. The third-order valence-corrected chi connectivity index (χ3v) is 7.09. The molecule has 2 heterocycles. The van der Waals surface area contributed by atoms with E-state index in [1.165, 1.54) is 30.2 Å². The van der Waals surface area contributed by atoms with Gasteiger partial charge >= 0.3 is 0 Å². The first-order valence-corrected chi connectivity index (χ1v) is 12.0. The van der Waals surface area contributed by atoms with Crippen molar-refractivity contribution in [2.75, 3.05) is 18.7 Å². The maximum atomic E-state index is 12.7. The summed E-state index contributed by atoms with van der Waals surface area (Å²) in [6.45, 7) is 0. The molecule has 1 amide bonds. The molecule has 0 aliphatic heterocycles. The zero-order valence-electron chi connectivity index (χ0n) is 15.1. The molecule has 0 radical (unpaired) electrons. The van der Waals surface area contributed by atoms with Gasteiger partial charge in [0.15, 0.2) is 10.0 Å². The Bertz CT molecular complexity index is 1140. The molecule has 152 valence electrons. The number of methoxy groups -OCH3 is 1. The van der Waals surface area contributed by atoms with Gasteiger partial charge in [0.05, 0.1) is 24.1 Å². The molecule has 0 atom stereocenters. The number of thioether (sulfide) groups is 1. The van der Waals surface area contributed by atoms with Crippen molar-refractivity contribution in [3.8, 4) is 5.75 Å². The molecule has 2 aromatic heterocycles. The summed E-state index contributed by atoms with van der Waals surface area (Å²) in [6, 6.07) is 6.55. The second-order valence-corrected chi connectivity index (χ2v) is 9.81. The molecule has 1 N–H and O–H groups in total. The molecule has 29 heavy (non-hydrogen) atoms. The van der Waals surface area contributed by atoms with Crippen LogP contribution in [-0.4, -0.2) is 47.9 Å². The van der Waals surface area contributed by atoms with Crippen LogP contribution in [0.1, 0.15) is 16.1 Å². The molecule has 0 unspecified atom stereocenters. The first-order chi connectivity index (χ1) is 13.8. The largest absolute Gasteiger partial charge is 0.497 e. The lowest BCUT2D eigenvalue weighted by Crippen LogP contribution is -2.18. The van der Waals surface area contributed by atoms with Crippen LogP contribution >= 0.6 is 34.7 Å². The fraction of sp³-hybridized carbons (Fsp3) is 0.188. The predicted octanol–water partition coefficient (Wildman–Crippen LogP) is 2.94. The average molecular weight is 472 g/mol. The fourth-order valence-electron chi connectivity index (χ4n) is 2.16. The standard InChI is InChI=1S/C16H14ClN5O4S3/c1-26-10-5-3-9(4-6-10)8-29(24,25)15-18-7-11(17)12(19-15)13(23)20-14-21-22-16(27-2)28-14/h3-7H,8H2,1-2H3,(H,20,21,23). The Morgan fingerprint density at radius 2 is 2.00 bits per heavy atom. The number of nitrogens with one attached hydrogen (secondary N) is 1. The van der Waals surface area contributed by atoms with Crippen molar-refractivity contribution in [1.82, 2.24) is 20.2 Å². The summed E-state index contributed by atoms with van der Waals surface area (Å²) in [5.74, 6) is -0.441. The number of carbonyl (C=O) groups excluding carboxylic acids is 1. The molecular formula is C16H14ClN5O4S3. The monoisotopic (exact) mass is 471 g/mol. The van der Waals surface area contributed by atoms with Gasteiger partial charge in [0, 0.05) is 0 Å². The Labute approximate surface area is 179 Å². The number of hydrogen-bond donors (Lipinski definition) is 1. The van der Waals surface area contributed by atoms with Gasteiger partial charge in [-0.25, -0.2) is 18.4 Å². The van der Waals surface area contributed by atoms with E-state index < -0.39 is 20.9 Å². The van der Waals surface area contributed by atoms with E-state index in [0.29, 0.717) is 15.7 Å². The molecule has 0 spiro atoms. The smallest absolute Gasteiger partial charge is 0.277 e. The maximum absolute atomic E-state index is 12.7. The van der Waals surface area contributed by atoms with Crippen LogP contribution in [0.4, 0.5) is 5.13 Å². The highest BCUT2D eigenvalue weighted by atomic mass is 35.5. The van der Waals surface area contributed by atoms with Gasteiger partial charge in [-0.05, 0) is 24.0 Å². The van der Waals surface area contributed by atoms with Crippen LogP contribution in [0, 0.1) is 0 Å². The van der Waals surface area contributed by atoms with E-state index in [-0.39, 0.29) is 21.6 Å². The molecule has 3 rings (SSSR count). The van der Waals surface area contributed by atoms with Crippen molar-refractivity contribution in [2.24, 2.45) is 0 Å². The number of ether oxygens (including phenoxy) is 1. The summed E-state index contributed by atoms with van der Waals surface area (Å²) in [7, 11) is -2.39. The van der Waals surface area contributed by atoms with Crippen LogP contribution in [0.25, 0.3) is 0 Å². The summed E-state index contributed by atoms with van der Waals surface area (Å²) in [5.41, 5.74) is 0.254. The number of rotatable bonds is 7. The number of sulfone groups is 1. The number of anilines is 1. The number of benzene rings is 1. The van der Waals surface area contributed by atoms with E-state index in [4.69, 9.17) is 16.3 Å². The Hall–Kier alpha value is -2.28. The summed E-state index contributed by atoms with van der Waals surface area (Å²) < 4.78 is 31.1. The van der Waals surface area contributed by atoms with E-state index in [1.807, 2.05) is 6.26 Å². The first-order valence-electron chi connectivity index (χ1n) is 7.89. The number of carbonyl (C=O) groups is 1. The molecule has 0 bridgehead atoms. The predicted molar refractivity (Wildman–Crippen MR) is 111 cm³/mol. The van der Waals surface area contributed by atoms with Crippen LogP contribution in [0.5, 0.6) is 5.75 Å². The van der Waals surface area contributed by atoms with Crippen molar-refractivity contribution < 1.29 is 17.9 Å². The molecule has 3 aromatic rings. The number of halogens is 1. The minimum absolute atomic E-state index is 0.0829. The minimum Gasteiger partial charge on any atom is -0.497 e. The van der Waals surface area contributed by atoms with Crippen molar-refractivity contribution in [1.29, 1.82) is 0 Å². The highest BCUT2D eigenvalue weighted by Gasteiger charge is 2.23. The molecular weight excluding hydrogens is 458 g/mol. The van der Waals surface area contributed by atoms with Crippen molar-refractivity contribution in [3.63, 3.8) is 0 Å². The lowest BCUT2D eigenvalue weighted by atomic mass is 10.2. The summed E-state index contributed by atoms with van der Waals surface area (Å²) in [5, 5.41) is 9.86. The van der Waals surface area contributed by atoms with Gasteiger partial charge in [-0.2, -0.15) is 0 Å². The van der Waals surface area contributed by atoms with E-state index >= 15 is 0 Å². The van der Waals surface area contributed by atoms with E-state index in [9.17, 15) is 13.2 Å². The number of amides is 1. The Balaban J connectivity index is 1.83. The maximum Gasteiger partial charge on any atom is 0.277 e.